The minimum atomic E-state index is -2.42. The van der Waals surface area contributed by atoms with Crippen LogP contribution >= 0.6 is 0 Å². The Morgan fingerprint density at radius 1 is 0.531 bits per heavy atom. The Labute approximate surface area is 394 Å². The summed E-state index contributed by atoms with van der Waals surface area (Å²) in [6, 6.07) is 18.6. The quantitative estimate of drug-likeness (QED) is 0.0836. The number of hydrogen-bond donors (Lipinski definition) is 0. The molecule has 0 spiro atoms. The average molecular weight is 964 g/mol. The highest BCUT2D eigenvalue weighted by Crippen LogP contribution is 2.67. The first kappa shape index (κ1) is 52.8. The summed E-state index contributed by atoms with van der Waals surface area (Å²) >= 11 is 0. The van der Waals surface area contributed by atoms with Crippen molar-refractivity contribution in [2.24, 2.45) is 33.5 Å². The van der Waals surface area contributed by atoms with E-state index in [1.54, 1.807) is 0 Å². The first-order valence-electron chi connectivity index (χ1n) is 24.3. The molecular formula is C52H86O7Si5. The molecule has 0 heterocycles. The summed E-state index contributed by atoms with van der Waals surface area (Å²) in [6.45, 7) is 41.8. The first-order chi connectivity index (χ1) is 29.2. The van der Waals surface area contributed by atoms with Gasteiger partial charge in [0.2, 0.25) is 0 Å². The fraction of sp³-hybridized carbons (Fsp3) is 0.654. The van der Waals surface area contributed by atoms with Gasteiger partial charge >= 0.3 is 17.1 Å². The van der Waals surface area contributed by atoms with E-state index in [1.807, 2.05) is 24.3 Å². The highest BCUT2D eigenvalue weighted by atomic mass is 28.5. The Bertz CT molecular complexity index is 2040. The molecule has 0 N–H and O–H groups in total. The summed E-state index contributed by atoms with van der Waals surface area (Å²) in [5.41, 5.74) is 3.94. The summed E-state index contributed by atoms with van der Waals surface area (Å²) in [4.78, 5) is 26.1. The molecule has 5 unspecified atom stereocenters. The van der Waals surface area contributed by atoms with Crippen molar-refractivity contribution >= 4 is 65.5 Å². The molecule has 4 fully saturated rings. The normalized spacial score (nSPS) is 27.2. The number of ketones is 2. The number of allylic oxidation sites excluding steroid dienone is 2. The van der Waals surface area contributed by atoms with E-state index in [1.165, 1.54) is 6.04 Å². The molecule has 4 saturated carbocycles. The van der Waals surface area contributed by atoms with Crippen LogP contribution in [0.1, 0.15) is 91.2 Å². The van der Waals surface area contributed by atoms with E-state index < -0.39 is 41.8 Å². The van der Waals surface area contributed by atoms with Gasteiger partial charge in [-0.15, -0.1) is 0 Å². The van der Waals surface area contributed by atoms with Crippen molar-refractivity contribution in [2.75, 3.05) is 13.2 Å². The molecule has 0 aliphatic heterocycles. The number of rotatable bonds is 18. The third-order valence-electron chi connectivity index (χ3n) is 15.1. The van der Waals surface area contributed by atoms with Crippen LogP contribution in [-0.4, -0.2) is 66.6 Å². The van der Waals surface area contributed by atoms with Crippen molar-refractivity contribution in [1.29, 1.82) is 0 Å². The van der Waals surface area contributed by atoms with E-state index in [-0.39, 0.29) is 21.7 Å². The average Bonchev–Trinajstić information content (AvgIpc) is 3.63. The fourth-order valence-corrected chi connectivity index (χ4v) is 30.4. The Balaban J connectivity index is 0.000000258. The predicted octanol–water partition coefficient (Wildman–Crippen LogP) is 14.6. The number of ether oxygens (including phenoxy) is 2. The molecule has 0 aromatic heterocycles. The van der Waals surface area contributed by atoms with Crippen LogP contribution in [-0.2, 0) is 21.9 Å². The minimum Gasteiger partial charge on any atom is -0.494 e. The molecule has 7 nitrogen and oxygen atoms in total. The minimum absolute atomic E-state index is 0.0399. The maximum atomic E-state index is 13.2. The molecule has 356 valence electrons. The van der Waals surface area contributed by atoms with Gasteiger partial charge in [-0.05, 0) is 185 Å². The summed E-state index contributed by atoms with van der Waals surface area (Å²) < 4.78 is 31.9. The topological polar surface area (TPSA) is 80.3 Å². The number of benzene rings is 2. The lowest BCUT2D eigenvalue weighted by atomic mass is 9.70. The van der Waals surface area contributed by atoms with E-state index in [0.717, 1.165) is 84.9 Å². The van der Waals surface area contributed by atoms with Gasteiger partial charge in [-0.1, -0.05) is 91.5 Å². The van der Waals surface area contributed by atoms with Crippen molar-refractivity contribution in [3.05, 3.63) is 70.8 Å². The van der Waals surface area contributed by atoms with Gasteiger partial charge in [-0.3, -0.25) is 9.59 Å². The lowest BCUT2D eigenvalue weighted by molar-refractivity contribution is -0.126. The van der Waals surface area contributed by atoms with E-state index in [0.29, 0.717) is 30.0 Å². The Hall–Kier alpha value is -2.18. The zero-order valence-electron chi connectivity index (χ0n) is 43.4. The van der Waals surface area contributed by atoms with Crippen LogP contribution in [0.15, 0.2) is 59.7 Å². The molecular weight excluding hydrogens is 877 g/mol. The molecule has 4 bridgehead atoms. The van der Waals surface area contributed by atoms with Gasteiger partial charge in [-0.25, -0.2) is 0 Å². The van der Waals surface area contributed by atoms with Gasteiger partial charge in [0.05, 0.1) is 13.2 Å². The van der Waals surface area contributed by atoms with Gasteiger partial charge < -0.3 is 21.8 Å². The standard InChI is InChI=1S/C29H52O5Si4.C23H34O2Si/c1-28(2)26-18-19-29(28,3)27(30)25(26)22-23-14-16-24(17-15-23)31-20-13-21-38(12,33-36(7,8)9)34-37(10,11)32-35(4,5)6;1-22(2)20-12-13-23(22,3)21(24)19(20)16-17-8-10-18(11-9-17)25-14-7-15-26(4,5)6/h14-17,22,26H,13,18-21H2,1-12H3;8-11,16,20H,7,12-15H2,1-6H3/b25-22+;19-16+. The van der Waals surface area contributed by atoms with Gasteiger partial charge in [0.15, 0.2) is 28.2 Å². The zero-order valence-corrected chi connectivity index (χ0v) is 48.4. The highest BCUT2D eigenvalue weighted by Gasteiger charge is 2.65. The molecule has 2 aromatic carbocycles. The maximum absolute atomic E-state index is 13.2. The second-order valence-electron chi connectivity index (χ2n) is 24.8. The number of carbonyl (C=O) groups excluding carboxylic acids is 2. The van der Waals surface area contributed by atoms with Gasteiger partial charge in [0.25, 0.3) is 0 Å². The van der Waals surface area contributed by atoms with E-state index in [2.05, 4.69) is 157 Å². The van der Waals surface area contributed by atoms with Crippen LogP contribution in [0.2, 0.25) is 90.7 Å². The van der Waals surface area contributed by atoms with Crippen LogP contribution in [0, 0.1) is 33.5 Å². The van der Waals surface area contributed by atoms with Crippen LogP contribution in [0.3, 0.4) is 0 Å². The summed E-state index contributed by atoms with van der Waals surface area (Å²) in [5, 5.41) is 0. The molecule has 0 saturated heterocycles. The summed E-state index contributed by atoms with van der Waals surface area (Å²) in [6.07, 6.45) is 10.5. The Morgan fingerprint density at radius 2 is 0.906 bits per heavy atom. The Kier molecular flexibility index (Phi) is 15.7. The highest BCUT2D eigenvalue weighted by molar-refractivity contribution is 6.89. The van der Waals surface area contributed by atoms with Crippen LogP contribution in [0.4, 0.5) is 0 Å². The lowest BCUT2D eigenvalue weighted by Gasteiger charge is -2.41. The van der Waals surface area contributed by atoms with Crippen molar-refractivity contribution < 1.29 is 31.4 Å². The molecule has 4 aliphatic rings. The largest absolute Gasteiger partial charge is 0.494 e. The van der Waals surface area contributed by atoms with Gasteiger partial charge in [0.1, 0.15) is 11.5 Å². The molecule has 12 heteroatoms. The van der Waals surface area contributed by atoms with Crippen molar-refractivity contribution in [2.45, 2.75) is 171 Å². The number of fused-ring (bicyclic) bond motifs is 4. The smallest absolute Gasteiger partial charge is 0.315 e. The third kappa shape index (κ3) is 12.3. The van der Waals surface area contributed by atoms with Gasteiger partial charge in [0, 0.05) is 18.9 Å². The van der Waals surface area contributed by atoms with E-state index >= 15 is 0 Å². The Morgan fingerprint density at radius 3 is 1.23 bits per heavy atom. The monoisotopic (exact) mass is 963 g/mol. The fourth-order valence-electron chi connectivity index (χ4n) is 11.3. The molecule has 4 aliphatic carbocycles. The number of carbonyl (C=O) groups is 2. The van der Waals surface area contributed by atoms with Crippen molar-refractivity contribution in [1.82, 2.24) is 0 Å². The maximum Gasteiger partial charge on any atom is 0.315 e. The second kappa shape index (κ2) is 19.1. The molecule has 0 radical (unpaired) electrons. The summed E-state index contributed by atoms with van der Waals surface area (Å²) in [7, 11) is -9.17. The van der Waals surface area contributed by atoms with Crippen LogP contribution < -0.4 is 9.47 Å². The lowest BCUT2D eigenvalue weighted by Crippen LogP contribution is -2.56. The van der Waals surface area contributed by atoms with Crippen LogP contribution in [0.25, 0.3) is 12.2 Å². The third-order valence-corrected chi connectivity index (χ3v) is 30.5. The molecule has 0 amide bonds. The van der Waals surface area contributed by atoms with Gasteiger partial charge in [-0.2, -0.15) is 0 Å². The molecule has 6 rings (SSSR count). The van der Waals surface area contributed by atoms with E-state index in [9.17, 15) is 9.59 Å². The van der Waals surface area contributed by atoms with Crippen molar-refractivity contribution in [3.8, 4) is 11.5 Å². The predicted molar refractivity (Wildman–Crippen MR) is 280 cm³/mol. The van der Waals surface area contributed by atoms with E-state index in [4.69, 9.17) is 21.8 Å². The number of hydrogen-bond acceptors (Lipinski definition) is 7. The summed E-state index contributed by atoms with van der Waals surface area (Å²) in [5.74, 6) is 3.25. The molecule has 64 heavy (non-hydrogen) atoms. The zero-order chi connectivity index (χ0) is 48.0. The molecule has 2 aromatic rings. The number of Topliss-reactive ketones (excluding diaryl/α,β-unsaturated/α-hetero) is 2. The molecule has 5 atom stereocenters. The SMILES string of the molecule is CC12CCC(/C(=C\c3ccc(OCCC[Si](C)(C)C)cc3)C1=O)C2(C)C.CC12CCC(/C(=C\c3ccc(OCCC[Si](C)(O[Si](C)(C)C)O[Si](C)(C)O[Si](C)(C)C)cc3)C1=O)C2(C)C. The van der Waals surface area contributed by atoms with Crippen molar-refractivity contribution in [3.63, 3.8) is 0 Å². The van der Waals surface area contributed by atoms with Crippen LogP contribution in [0.5, 0.6) is 11.5 Å². The first-order valence-corrected chi connectivity index (χ1v) is 40.2. The second-order valence-corrected chi connectivity index (χ2v) is 46.9.